The normalized spacial score (nSPS) is 11.5. The van der Waals surface area contributed by atoms with Gasteiger partial charge in [-0.05, 0) is 43.8 Å². The summed E-state index contributed by atoms with van der Waals surface area (Å²) in [7, 11) is 0. The van der Waals surface area contributed by atoms with E-state index in [9.17, 15) is 9.90 Å². The third-order valence-electron chi connectivity index (χ3n) is 3.25. The third-order valence-corrected chi connectivity index (χ3v) is 3.51. The third kappa shape index (κ3) is 2.33. The highest BCUT2D eigenvalue weighted by atomic mass is 32.1. The van der Waals surface area contributed by atoms with E-state index in [-0.39, 0.29) is 11.3 Å². The lowest BCUT2D eigenvalue weighted by Gasteiger charge is -2.05. The minimum atomic E-state index is -0.485. The highest BCUT2D eigenvalue weighted by Crippen LogP contribution is 2.26. The first-order valence-corrected chi connectivity index (χ1v) is 6.83. The van der Waals surface area contributed by atoms with Gasteiger partial charge >= 0.3 is 5.63 Å². The molecule has 3 rings (SSSR count). The Hall–Kier alpha value is -2.74. The zero-order valence-corrected chi connectivity index (χ0v) is 12.6. The average Bonchev–Trinajstić information content (AvgIpc) is 2.77. The van der Waals surface area contributed by atoms with Crippen molar-refractivity contribution < 1.29 is 9.52 Å². The number of hydrogen-bond acceptors (Lipinski definition) is 6. The second kappa shape index (κ2) is 5.23. The van der Waals surface area contributed by atoms with Crippen LogP contribution in [-0.4, -0.2) is 26.2 Å². The van der Waals surface area contributed by atoms with Crippen LogP contribution in [0.3, 0.4) is 0 Å². The van der Waals surface area contributed by atoms with Crippen LogP contribution >= 0.6 is 12.2 Å². The number of fused-ring (bicyclic) bond motifs is 1. The van der Waals surface area contributed by atoms with Gasteiger partial charge in [0.2, 0.25) is 4.77 Å². The molecule has 112 valence electrons. The van der Waals surface area contributed by atoms with Crippen LogP contribution in [0, 0.1) is 18.6 Å². The molecule has 0 amide bonds. The number of aromatic nitrogens is 3. The number of nitrogens with one attached hydrogen (secondary N) is 1. The van der Waals surface area contributed by atoms with Crippen molar-refractivity contribution in [3.05, 3.63) is 50.3 Å². The number of hydrogen-bond donors (Lipinski definition) is 2. The fourth-order valence-corrected chi connectivity index (χ4v) is 2.37. The summed E-state index contributed by atoms with van der Waals surface area (Å²) in [5.74, 6) is 0.524. The smallest absolute Gasteiger partial charge is 0.336 e. The van der Waals surface area contributed by atoms with Gasteiger partial charge in [-0.1, -0.05) is 0 Å². The van der Waals surface area contributed by atoms with Gasteiger partial charge in [0, 0.05) is 11.5 Å². The van der Waals surface area contributed by atoms with Crippen molar-refractivity contribution in [1.82, 2.24) is 14.9 Å². The monoisotopic (exact) mass is 316 g/mol. The van der Waals surface area contributed by atoms with E-state index < -0.39 is 5.63 Å². The first-order valence-electron chi connectivity index (χ1n) is 6.42. The van der Waals surface area contributed by atoms with E-state index in [1.54, 1.807) is 19.9 Å². The molecular weight excluding hydrogens is 304 g/mol. The predicted molar refractivity (Wildman–Crippen MR) is 84.0 cm³/mol. The van der Waals surface area contributed by atoms with Gasteiger partial charge in [0.25, 0.3) is 0 Å². The molecule has 0 unspecified atom stereocenters. The molecule has 2 aromatic heterocycles. The van der Waals surface area contributed by atoms with E-state index in [0.717, 1.165) is 10.9 Å². The standard InChI is InChI=1S/C14H12N4O3S/c1-7-5-12(20)21-13-9(7)3-4-11(19)10(13)6-15-18-8(2)16-17-14(18)22/h3-6,19H,1-2H3,(H,17,22)/b15-6-. The molecule has 0 bridgehead atoms. The quantitative estimate of drug-likeness (QED) is 0.429. The van der Waals surface area contributed by atoms with Crippen LogP contribution in [-0.2, 0) is 0 Å². The number of H-pyrrole nitrogens is 1. The van der Waals surface area contributed by atoms with Crippen molar-refractivity contribution in [2.45, 2.75) is 13.8 Å². The fourth-order valence-electron chi connectivity index (χ4n) is 2.14. The molecule has 0 aliphatic carbocycles. The van der Waals surface area contributed by atoms with Crippen molar-refractivity contribution in [3.8, 4) is 5.75 Å². The lowest BCUT2D eigenvalue weighted by molar-refractivity contribution is 0.472. The summed E-state index contributed by atoms with van der Waals surface area (Å²) in [5, 5.41) is 21.5. The average molecular weight is 316 g/mol. The SMILES string of the molecule is Cc1cc(=O)oc2c(/C=N\n3c(C)n[nH]c3=S)c(O)ccc12. The van der Waals surface area contributed by atoms with E-state index >= 15 is 0 Å². The molecule has 0 aliphatic heterocycles. The molecule has 3 aromatic rings. The molecule has 0 fully saturated rings. The summed E-state index contributed by atoms with van der Waals surface area (Å²) in [6.45, 7) is 3.53. The van der Waals surface area contributed by atoms with E-state index in [1.807, 2.05) is 0 Å². The summed E-state index contributed by atoms with van der Waals surface area (Å²) in [4.78, 5) is 11.6. The summed E-state index contributed by atoms with van der Waals surface area (Å²) in [6.07, 6.45) is 1.39. The van der Waals surface area contributed by atoms with Crippen molar-refractivity contribution >= 4 is 29.4 Å². The van der Waals surface area contributed by atoms with Crippen LogP contribution < -0.4 is 5.63 Å². The zero-order chi connectivity index (χ0) is 15.9. The fraction of sp³-hybridized carbons (Fsp3) is 0.143. The maximum absolute atomic E-state index is 11.6. The molecule has 8 heteroatoms. The van der Waals surface area contributed by atoms with Gasteiger partial charge in [0.15, 0.2) is 5.58 Å². The molecule has 2 heterocycles. The Bertz CT molecular complexity index is 1010. The van der Waals surface area contributed by atoms with Crippen molar-refractivity contribution in [1.29, 1.82) is 0 Å². The number of aromatic hydroxyl groups is 1. The molecule has 0 aliphatic rings. The molecule has 0 atom stereocenters. The summed E-state index contributed by atoms with van der Waals surface area (Å²) >= 11 is 5.05. The van der Waals surface area contributed by atoms with Gasteiger partial charge in [-0.25, -0.2) is 4.79 Å². The lowest BCUT2D eigenvalue weighted by Crippen LogP contribution is -2.01. The molecule has 22 heavy (non-hydrogen) atoms. The Balaban J connectivity index is 2.25. The van der Waals surface area contributed by atoms with Gasteiger partial charge in [-0.3, -0.25) is 5.10 Å². The second-order valence-electron chi connectivity index (χ2n) is 4.76. The minimum Gasteiger partial charge on any atom is -0.507 e. The summed E-state index contributed by atoms with van der Waals surface area (Å²) in [6, 6.07) is 4.61. The summed E-state index contributed by atoms with van der Waals surface area (Å²) in [5.41, 5.74) is 0.862. The number of nitrogens with zero attached hydrogens (tertiary/aromatic N) is 3. The van der Waals surface area contributed by atoms with Crippen molar-refractivity contribution in [2.75, 3.05) is 0 Å². The molecule has 7 nitrogen and oxygen atoms in total. The zero-order valence-electron chi connectivity index (χ0n) is 11.8. The molecular formula is C14H12N4O3S. The first-order chi connectivity index (χ1) is 10.5. The Kier molecular flexibility index (Phi) is 3.38. The van der Waals surface area contributed by atoms with E-state index in [0.29, 0.717) is 16.2 Å². The maximum atomic E-state index is 11.6. The maximum Gasteiger partial charge on any atom is 0.336 e. The topological polar surface area (TPSA) is 96.4 Å². The van der Waals surface area contributed by atoms with Gasteiger partial charge in [-0.2, -0.15) is 14.9 Å². The Morgan fingerprint density at radius 3 is 2.91 bits per heavy atom. The molecule has 0 saturated carbocycles. The second-order valence-corrected chi connectivity index (χ2v) is 5.14. The number of phenols is 1. The molecule has 0 radical (unpaired) electrons. The van der Waals surface area contributed by atoms with Crippen LogP contribution in [0.2, 0.25) is 0 Å². The predicted octanol–water partition coefficient (Wildman–Crippen LogP) is 2.25. The van der Waals surface area contributed by atoms with Crippen molar-refractivity contribution in [3.63, 3.8) is 0 Å². The Morgan fingerprint density at radius 2 is 2.23 bits per heavy atom. The number of aromatic amines is 1. The van der Waals surface area contributed by atoms with Crippen LogP contribution in [0.5, 0.6) is 5.75 Å². The van der Waals surface area contributed by atoms with E-state index in [2.05, 4.69) is 15.3 Å². The Morgan fingerprint density at radius 1 is 1.45 bits per heavy atom. The number of aryl methyl sites for hydroxylation is 2. The summed E-state index contributed by atoms with van der Waals surface area (Å²) < 4.78 is 6.95. The van der Waals surface area contributed by atoms with E-state index in [1.165, 1.54) is 23.0 Å². The van der Waals surface area contributed by atoms with Gasteiger partial charge in [0.1, 0.15) is 11.6 Å². The molecule has 1 aromatic carbocycles. The van der Waals surface area contributed by atoms with Crippen LogP contribution in [0.4, 0.5) is 0 Å². The van der Waals surface area contributed by atoms with Crippen molar-refractivity contribution in [2.24, 2.45) is 5.10 Å². The molecule has 0 saturated heterocycles. The van der Waals surface area contributed by atoms with Gasteiger partial charge in [0.05, 0.1) is 11.8 Å². The minimum absolute atomic E-state index is 0.0438. The highest BCUT2D eigenvalue weighted by Gasteiger charge is 2.11. The van der Waals surface area contributed by atoms with Gasteiger partial charge in [-0.15, -0.1) is 0 Å². The highest BCUT2D eigenvalue weighted by molar-refractivity contribution is 7.71. The largest absolute Gasteiger partial charge is 0.507 e. The van der Waals surface area contributed by atoms with E-state index in [4.69, 9.17) is 16.6 Å². The Labute approximate surface area is 129 Å². The molecule has 0 spiro atoms. The number of rotatable bonds is 2. The molecule has 2 N–H and O–H groups in total. The number of benzene rings is 1. The van der Waals surface area contributed by atoms with Gasteiger partial charge < -0.3 is 9.52 Å². The first kappa shape index (κ1) is 14.2. The van der Waals surface area contributed by atoms with Crippen LogP contribution in [0.15, 0.2) is 32.5 Å². The lowest BCUT2D eigenvalue weighted by atomic mass is 10.1. The van der Waals surface area contributed by atoms with Crippen LogP contribution in [0.1, 0.15) is 17.0 Å². The number of phenolic OH excluding ortho intramolecular Hbond substituents is 1. The van der Waals surface area contributed by atoms with Crippen LogP contribution in [0.25, 0.3) is 11.0 Å².